The number of imidazole rings is 1. The molecule has 132 valence electrons. The molecule has 0 saturated heterocycles. The summed E-state index contributed by atoms with van der Waals surface area (Å²) < 4.78 is 12.8. The van der Waals surface area contributed by atoms with Crippen LogP contribution in [0, 0.1) is 0 Å². The molecule has 3 aromatic rings. The molecule has 0 bridgehead atoms. The molecule has 0 fully saturated rings. The highest BCUT2D eigenvalue weighted by molar-refractivity contribution is 6.40. The summed E-state index contributed by atoms with van der Waals surface area (Å²) in [5.41, 5.74) is 0.517. The van der Waals surface area contributed by atoms with E-state index in [4.69, 9.17) is 32.7 Å². The smallest absolute Gasteiger partial charge is 0.269 e. The summed E-state index contributed by atoms with van der Waals surface area (Å²) in [6.07, 6.45) is 2.23. The van der Waals surface area contributed by atoms with Crippen LogP contribution in [0.25, 0.3) is 5.82 Å². The van der Waals surface area contributed by atoms with Gasteiger partial charge in [-0.15, -0.1) is 0 Å². The lowest BCUT2D eigenvalue weighted by molar-refractivity contribution is -0.125. The number of hydrogen-bond acceptors (Lipinski definition) is 5. The van der Waals surface area contributed by atoms with Crippen LogP contribution in [0.3, 0.4) is 0 Å². The highest BCUT2D eigenvalue weighted by atomic mass is 35.5. The lowest BCUT2D eigenvalue weighted by Crippen LogP contribution is -2.40. The maximum absolute atomic E-state index is 12.4. The van der Waals surface area contributed by atoms with Gasteiger partial charge in [-0.2, -0.15) is 0 Å². The fourth-order valence-corrected chi connectivity index (χ4v) is 2.76. The van der Waals surface area contributed by atoms with Crippen molar-refractivity contribution in [1.29, 1.82) is 0 Å². The Balaban J connectivity index is 1.44. The van der Waals surface area contributed by atoms with Gasteiger partial charge in [0, 0.05) is 0 Å². The van der Waals surface area contributed by atoms with Gasteiger partial charge in [0.25, 0.3) is 5.91 Å². The topological polar surface area (TPSA) is 78.3 Å². The van der Waals surface area contributed by atoms with E-state index in [-0.39, 0.29) is 22.8 Å². The summed E-state index contributed by atoms with van der Waals surface area (Å²) in [5.74, 6) is 1.37. The second-order valence-electron chi connectivity index (χ2n) is 5.45. The van der Waals surface area contributed by atoms with E-state index in [2.05, 4.69) is 15.3 Å². The summed E-state index contributed by atoms with van der Waals surface area (Å²) in [6, 6.07) is 10.6. The Morgan fingerprint density at radius 1 is 1.15 bits per heavy atom. The second-order valence-corrected chi connectivity index (χ2v) is 6.17. The third-order valence-corrected chi connectivity index (χ3v) is 4.47. The van der Waals surface area contributed by atoms with E-state index in [0.717, 1.165) is 0 Å². The lowest BCUT2D eigenvalue weighted by atomic mass is 10.2. The molecule has 0 spiro atoms. The summed E-state index contributed by atoms with van der Waals surface area (Å²) in [7, 11) is 0. The molecule has 1 aliphatic rings. The van der Waals surface area contributed by atoms with Crippen LogP contribution in [0.1, 0.15) is 0 Å². The number of hydrogen-bond donors (Lipinski definition) is 1. The van der Waals surface area contributed by atoms with Gasteiger partial charge in [0.15, 0.2) is 21.8 Å². The first-order valence-electron chi connectivity index (χ1n) is 7.66. The van der Waals surface area contributed by atoms with Crippen LogP contribution < -0.4 is 14.8 Å². The van der Waals surface area contributed by atoms with Crippen LogP contribution in [0.15, 0.2) is 48.9 Å². The average molecular weight is 391 g/mol. The molecule has 9 heteroatoms. The number of carbonyl (C=O) groups excluding carboxylic acids is 1. The highest BCUT2D eigenvalue weighted by Gasteiger charge is 2.27. The van der Waals surface area contributed by atoms with Gasteiger partial charge in [0.05, 0.1) is 11.9 Å². The van der Waals surface area contributed by atoms with Gasteiger partial charge in [-0.1, -0.05) is 35.3 Å². The number of halogens is 2. The molecule has 3 heterocycles. The number of rotatable bonds is 3. The Hall–Kier alpha value is -2.77. The van der Waals surface area contributed by atoms with Crippen LogP contribution in [0.5, 0.6) is 11.5 Å². The molecule has 2 aromatic heterocycles. The Morgan fingerprint density at radius 3 is 2.65 bits per heavy atom. The molecule has 1 aromatic carbocycles. The van der Waals surface area contributed by atoms with E-state index in [9.17, 15) is 4.79 Å². The van der Waals surface area contributed by atoms with Crippen LogP contribution in [0.2, 0.25) is 10.3 Å². The molecule has 1 atom stereocenters. The molecule has 0 aliphatic carbocycles. The maximum Gasteiger partial charge on any atom is 0.269 e. The number of para-hydroxylation sites is 2. The summed E-state index contributed by atoms with van der Waals surface area (Å²) in [4.78, 5) is 20.5. The summed E-state index contributed by atoms with van der Waals surface area (Å²) in [5, 5.41) is 3.21. The van der Waals surface area contributed by atoms with Crippen molar-refractivity contribution in [2.75, 3.05) is 11.9 Å². The standard InChI is InChI=1S/C17H12Cl2N4O3/c18-15-16(19)23(9-21-15)14-6-5-10(7-20-14)22-17(24)13-8-25-11-3-1-2-4-12(11)26-13/h1-7,9,13H,8H2,(H,22,24)/t13-/m1/s1. The minimum absolute atomic E-state index is 0.136. The number of nitrogens with zero attached hydrogens (tertiary/aromatic N) is 3. The normalized spacial score (nSPS) is 15.5. The third kappa shape index (κ3) is 3.18. The van der Waals surface area contributed by atoms with Crippen molar-refractivity contribution < 1.29 is 14.3 Å². The van der Waals surface area contributed by atoms with Gasteiger partial charge in [-0.25, -0.2) is 9.97 Å². The van der Waals surface area contributed by atoms with E-state index in [1.807, 2.05) is 12.1 Å². The van der Waals surface area contributed by atoms with Crippen LogP contribution in [-0.2, 0) is 4.79 Å². The summed E-state index contributed by atoms with van der Waals surface area (Å²) in [6.45, 7) is 0.136. The highest BCUT2D eigenvalue weighted by Crippen LogP contribution is 2.31. The van der Waals surface area contributed by atoms with Gasteiger partial charge in [-0.05, 0) is 24.3 Å². The van der Waals surface area contributed by atoms with E-state index in [1.54, 1.807) is 24.3 Å². The third-order valence-electron chi connectivity index (χ3n) is 3.73. The van der Waals surface area contributed by atoms with E-state index in [1.165, 1.54) is 17.1 Å². The number of carbonyl (C=O) groups is 1. The molecular weight excluding hydrogens is 379 g/mol. The molecule has 26 heavy (non-hydrogen) atoms. The zero-order chi connectivity index (χ0) is 18.1. The second kappa shape index (κ2) is 6.86. The van der Waals surface area contributed by atoms with Crippen LogP contribution in [0.4, 0.5) is 5.69 Å². The SMILES string of the molecule is O=C(Nc1ccc(-n2cnc(Cl)c2Cl)nc1)[C@H]1COc2ccccc2O1. The fraction of sp³-hybridized carbons (Fsp3) is 0.118. The Bertz CT molecular complexity index is 959. The number of ether oxygens (including phenoxy) is 2. The maximum atomic E-state index is 12.4. The first-order chi connectivity index (χ1) is 12.6. The van der Waals surface area contributed by atoms with Crippen LogP contribution in [-0.4, -0.2) is 33.2 Å². The molecule has 1 N–H and O–H groups in total. The minimum atomic E-state index is -0.744. The van der Waals surface area contributed by atoms with Gasteiger partial charge in [-0.3, -0.25) is 9.36 Å². The van der Waals surface area contributed by atoms with E-state index in [0.29, 0.717) is 23.0 Å². The molecule has 4 rings (SSSR count). The van der Waals surface area contributed by atoms with Gasteiger partial charge in [0.2, 0.25) is 6.10 Å². The number of pyridine rings is 1. The molecule has 7 nitrogen and oxygen atoms in total. The number of amides is 1. The minimum Gasteiger partial charge on any atom is -0.485 e. The molecule has 1 amide bonds. The van der Waals surface area contributed by atoms with Crippen molar-refractivity contribution in [1.82, 2.24) is 14.5 Å². The number of nitrogens with one attached hydrogen (secondary N) is 1. The van der Waals surface area contributed by atoms with Gasteiger partial charge >= 0.3 is 0 Å². The molecule has 0 radical (unpaired) electrons. The number of fused-ring (bicyclic) bond motifs is 1. The lowest BCUT2D eigenvalue weighted by Gasteiger charge is -2.25. The largest absolute Gasteiger partial charge is 0.485 e. The van der Waals surface area contributed by atoms with E-state index >= 15 is 0 Å². The summed E-state index contributed by atoms with van der Waals surface area (Å²) >= 11 is 11.9. The zero-order valence-electron chi connectivity index (χ0n) is 13.2. The number of benzene rings is 1. The van der Waals surface area contributed by atoms with Crippen molar-refractivity contribution >= 4 is 34.8 Å². The van der Waals surface area contributed by atoms with Gasteiger partial charge in [0.1, 0.15) is 18.8 Å². The fourth-order valence-electron chi connectivity index (χ4n) is 2.45. The Morgan fingerprint density at radius 2 is 1.96 bits per heavy atom. The molecule has 0 unspecified atom stereocenters. The van der Waals surface area contributed by atoms with Crippen LogP contribution >= 0.6 is 23.2 Å². The zero-order valence-corrected chi connectivity index (χ0v) is 14.7. The van der Waals surface area contributed by atoms with Crippen molar-refractivity contribution in [2.24, 2.45) is 0 Å². The number of aromatic nitrogens is 3. The first-order valence-corrected chi connectivity index (χ1v) is 8.41. The average Bonchev–Trinajstić information content (AvgIpc) is 3.01. The Kier molecular flexibility index (Phi) is 4.40. The van der Waals surface area contributed by atoms with Crippen molar-refractivity contribution in [3.05, 3.63) is 59.2 Å². The van der Waals surface area contributed by atoms with E-state index < -0.39 is 6.10 Å². The van der Waals surface area contributed by atoms with Gasteiger partial charge < -0.3 is 14.8 Å². The predicted octanol–water partition coefficient (Wildman–Crippen LogP) is 3.35. The quantitative estimate of drug-likeness (QED) is 0.741. The first kappa shape index (κ1) is 16.7. The number of anilines is 1. The molecule has 0 saturated carbocycles. The Labute approximate surface area is 158 Å². The molecule has 1 aliphatic heterocycles. The predicted molar refractivity (Wildman–Crippen MR) is 96.4 cm³/mol. The van der Waals surface area contributed by atoms with Crippen molar-refractivity contribution in [3.63, 3.8) is 0 Å². The van der Waals surface area contributed by atoms with Crippen molar-refractivity contribution in [2.45, 2.75) is 6.10 Å². The monoisotopic (exact) mass is 390 g/mol. The van der Waals surface area contributed by atoms with Crippen molar-refractivity contribution in [3.8, 4) is 17.3 Å². The molecular formula is C17H12Cl2N4O3.